The molecule has 0 saturated carbocycles. The van der Waals surface area contributed by atoms with Gasteiger partial charge in [-0.25, -0.2) is 0 Å². The van der Waals surface area contributed by atoms with E-state index in [0.717, 1.165) is 6.42 Å². The van der Waals surface area contributed by atoms with Crippen LogP contribution in [-0.2, 0) is 0 Å². The first-order valence-corrected chi connectivity index (χ1v) is 3.32. The van der Waals surface area contributed by atoms with Crippen LogP contribution in [0, 0.1) is 5.92 Å². The van der Waals surface area contributed by atoms with E-state index in [2.05, 4.69) is 20.6 Å². The Morgan fingerprint density at radius 3 is 1.92 bits per heavy atom. The van der Waals surface area contributed by atoms with Gasteiger partial charge in [0.05, 0.1) is 5.92 Å². The van der Waals surface area contributed by atoms with E-state index in [4.69, 9.17) is 11.5 Å². The Balaban J connectivity index is 0.00000121. The van der Waals surface area contributed by atoms with Crippen LogP contribution < -0.4 is 11.5 Å². The first-order chi connectivity index (χ1) is 5.25. The van der Waals surface area contributed by atoms with Gasteiger partial charge in [0.1, 0.15) is 11.7 Å². The van der Waals surface area contributed by atoms with Gasteiger partial charge in [0.25, 0.3) is 0 Å². The molecular formula is C5H11ClN6. The Bertz CT molecular complexity index is 210. The summed E-state index contributed by atoms with van der Waals surface area (Å²) in [5.41, 5.74) is 11.0. The molecule has 1 aliphatic rings. The summed E-state index contributed by atoms with van der Waals surface area (Å²) in [6.45, 7) is 1.95. The quantitative estimate of drug-likeness (QED) is 0.627. The minimum atomic E-state index is -0.120. The van der Waals surface area contributed by atoms with Crippen molar-refractivity contribution in [1.29, 1.82) is 0 Å². The van der Waals surface area contributed by atoms with Gasteiger partial charge in [0, 0.05) is 0 Å². The maximum Gasteiger partial charge on any atom is 0.135 e. The van der Waals surface area contributed by atoms with Crippen LogP contribution >= 0.6 is 12.4 Å². The van der Waals surface area contributed by atoms with Gasteiger partial charge >= 0.3 is 0 Å². The van der Waals surface area contributed by atoms with Crippen molar-refractivity contribution in [3.63, 3.8) is 0 Å². The van der Waals surface area contributed by atoms with Crippen molar-refractivity contribution in [2.24, 2.45) is 38.0 Å². The molecule has 0 aliphatic carbocycles. The first kappa shape index (κ1) is 10.8. The largest absolute Gasteiger partial charge is 0.385 e. The van der Waals surface area contributed by atoms with E-state index in [1.165, 1.54) is 0 Å². The van der Waals surface area contributed by atoms with Crippen molar-refractivity contribution in [1.82, 2.24) is 0 Å². The Morgan fingerprint density at radius 2 is 1.58 bits per heavy atom. The summed E-state index contributed by atoms with van der Waals surface area (Å²) < 4.78 is 0. The fourth-order valence-electron chi connectivity index (χ4n) is 0.852. The van der Waals surface area contributed by atoms with Gasteiger partial charge in [-0.05, 0) is 16.9 Å². The summed E-state index contributed by atoms with van der Waals surface area (Å²) in [4.78, 5) is 0. The van der Waals surface area contributed by atoms with Crippen molar-refractivity contribution in [2.45, 2.75) is 13.3 Å². The van der Waals surface area contributed by atoms with E-state index in [1.54, 1.807) is 0 Å². The van der Waals surface area contributed by atoms with Gasteiger partial charge < -0.3 is 11.5 Å². The number of nitrogens with two attached hydrogens (primary N) is 2. The molecule has 12 heavy (non-hydrogen) atoms. The summed E-state index contributed by atoms with van der Waals surface area (Å²) >= 11 is 0. The number of hydrogen-bond donors (Lipinski definition) is 2. The monoisotopic (exact) mass is 190 g/mol. The maximum absolute atomic E-state index is 5.52. The molecular weight excluding hydrogens is 180 g/mol. The summed E-state index contributed by atoms with van der Waals surface area (Å²) in [5.74, 6) is 0.620. The Hall–Kier alpha value is -1.17. The third-order valence-electron chi connectivity index (χ3n) is 1.48. The van der Waals surface area contributed by atoms with Crippen molar-refractivity contribution in [3.8, 4) is 0 Å². The topological polar surface area (TPSA) is 101 Å². The fraction of sp³-hybridized carbons (Fsp3) is 0.600. The van der Waals surface area contributed by atoms with Gasteiger partial charge in [-0.3, -0.25) is 0 Å². The SMILES string of the molecule is CCC1C(N)=NN=NN=C1N.Cl. The van der Waals surface area contributed by atoms with E-state index in [-0.39, 0.29) is 18.3 Å². The van der Waals surface area contributed by atoms with Crippen LogP contribution in [0.4, 0.5) is 0 Å². The average Bonchev–Trinajstić information content (AvgIpc) is 2.12. The van der Waals surface area contributed by atoms with Crippen molar-refractivity contribution in [2.75, 3.05) is 0 Å². The van der Waals surface area contributed by atoms with Crippen LogP contribution in [0.15, 0.2) is 20.6 Å². The molecule has 0 aromatic rings. The van der Waals surface area contributed by atoms with E-state index in [0.29, 0.717) is 11.7 Å². The summed E-state index contributed by atoms with van der Waals surface area (Å²) in [5, 5.41) is 13.8. The molecule has 0 unspecified atom stereocenters. The van der Waals surface area contributed by atoms with E-state index in [9.17, 15) is 0 Å². The maximum atomic E-state index is 5.52. The number of rotatable bonds is 1. The summed E-state index contributed by atoms with van der Waals surface area (Å²) in [6, 6.07) is 0. The van der Waals surface area contributed by atoms with E-state index >= 15 is 0 Å². The van der Waals surface area contributed by atoms with Gasteiger partial charge in [-0.15, -0.1) is 22.6 Å². The molecule has 0 spiro atoms. The Kier molecular flexibility index (Phi) is 4.20. The average molecular weight is 191 g/mol. The molecule has 68 valence electrons. The zero-order valence-corrected chi connectivity index (χ0v) is 7.45. The molecule has 0 radical (unpaired) electrons. The van der Waals surface area contributed by atoms with Crippen LogP contribution in [0.2, 0.25) is 0 Å². The highest BCUT2D eigenvalue weighted by molar-refractivity contribution is 6.04. The number of nitrogens with zero attached hydrogens (tertiary/aromatic N) is 4. The predicted octanol–water partition coefficient (Wildman–Crippen LogP) is 0.445. The molecule has 0 atom stereocenters. The van der Waals surface area contributed by atoms with Crippen LogP contribution in [-0.4, -0.2) is 11.7 Å². The van der Waals surface area contributed by atoms with Crippen molar-refractivity contribution in [3.05, 3.63) is 0 Å². The third kappa shape index (κ3) is 2.16. The highest BCUT2D eigenvalue weighted by Gasteiger charge is 2.17. The predicted molar refractivity (Wildman–Crippen MR) is 49.1 cm³/mol. The lowest BCUT2D eigenvalue weighted by atomic mass is 10.1. The molecule has 0 amide bonds. The zero-order chi connectivity index (χ0) is 8.27. The lowest BCUT2D eigenvalue weighted by Gasteiger charge is -2.08. The minimum absolute atomic E-state index is 0. The molecule has 4 N–H and O–H groups in total. The molecule has 0 saturated heterocycles. The second-order valence-corrected chi connectivity index (χ2v) is 2.19. The minimum Gasteiger partial charge on any atom is -0.385 e. The molecule has 1 heterocycles. The molecule has 6 nitrogen and oxygen atoms in total. The highest BCUT2D eigenvalue weighted by atomic mass is 35.5. The highest BCUT2D eigenvalue weighted by Crippen LogP contribution is 2.06. The lowest BCUT2D eigenvalue weighted by Crippen LogP contribution is -2.34. The fourth-order valence-corrected chi connectivity index (χ4v) is 0.852. The number of halogens is 1. The molecule has 0 aromatic carbocycles. The smallest absolute Gasteiger partial charge is 0.135 e. The third-order valence-corrected chi connectivity index (χ3v) is 1.48. The van der Waals surface area contributed by atoms with E-state index < -0.39 is 0 Å². The normalized spacial score (nSPS) is 17.4. The number of hydrogen-bond acceptors (Lipinski definition) is 6. The molecule has 1 aliphatic heterocycles. The zero-order valence-electron chi connectivity index (χ0n) is 6.64. The van der Waals surface area contributed by atoms with Crippen LogP contribution in [0.5, 0.6) is 0 Å². The van der Waals surface area contributed by atoms with Gasteiger partial charge in [-0.1, -0.05) is 6.92 Å². The van der Waals surface area contributed by atoms with Crippen LogP contribution in [0.1, 0.15) is 13.3 Å². The Labute approximate surface area is 76.2 Å². The Morgan fingerprint density at radius 1 is 1.17 bits per heavy atom. The molecule has 1 rings (SSSR count). The lowest BCUT2D eigenvalue weighted by molar-refractivity contribution is 0.838. The van der Waals surface area contributed by atoms with Gasteiger partial charge in [0.15, 0.2) is 0 Å². The summed E-state index contributed by atoms with van der Waals surface area (Å²) in [6.07, 6.45) is 0.760. The second-order valence-electron chi connectivity index (χ2n) is 2.19. The standard InChI is InChI=1S/C5H10N6.ClH/c1-2-3-4(6)8-10-11-9-5(3)7;/h3H,2H2,1H3,(H2,6,8,11)(H2,7,9,10);1H. The molecule has 0 fully saturated rings. The number of amidine groups is 2. The summed E-state index contributed by atoms with van der Waals surface area (Å²) in [7, 11) is 0. The van der Waals surface area contributed by atoms with E-state index in [1.807, 2.05) is 6.92 Å². The molecule has 0 aromatic heterocycles. The van der Waals surface area contributed by atoms with Crippen molar-refractivity contribution >= 4 is 24.1 Å². The second kappa shape index (κ2) is 4.66. The van der Waals surface area contributed by atoms with Crippen LogP contribution in [0.25, 0.3) is 0 Å². The van der Waals surface area contributed by atoms with Crippen LogP contribution in [0.3, 0.4) is 0 Å². The molecule has 7 heteroatoms. The molecule has 0 bridgehead atoms. The van der Waals surface area contributed by atoms with Crippen molar-refractivity contribution < 1.29 is 0 Å². The van der Waals surface area contributed by atoms with Gasteiger partial charge in [-0.2, -0.15) is 0 Å². The van der Waals surface area contributed by atoms with Gasteiger partial charge in [0.2, 0.25) is 0 Å². The first-order valence-electron chi connectivity index (χ1n) is 3.32.